The van der Waals surface area contributed by atoms with Crippen molar-refractivity contribution in [2.45, 2.75) is 13.3 Å². The second kappa shape index (κ2) is 8.26. The van der Waals surface area contributed by atoms with E-state index in [4.69, 9.17) is 9.84 Å². The van der Waals surface area contributed by atoms with Gasteiger partial charge in [-0.05, 0) is 18.9 Å². The molecule has 5 heteroatoms. The van der Waals surface area contributed by atoms with Crippen molar-refractivity contribution in [2.24, 2.45) is 0 Å². The Morgan fingerprint density at radius 1 is 1.26 bits per heavy atom. The minimum Gasteiger partial charge on any atom is -0.480 e. The van der Waals surface area contributed by atoms with Gasteiger partial charge in [0.15, 0.2) is 0 Å². The minimum absolute atomic E-state index is 0.0754. The van der Waals surface area contributed by atoms with Crippen LogP contribution in [-0.2, 0) is 20.7 Å². The van der Waals surface area contributed by atoms with Crippen molar-refractivity contribution < 1.29 is 19.4 Å². The number of carboxylic acid groups (broad SMARTS) is 1. The van der Waals surface area contributed by atoms with E-state index in [-0.39, 0.29) is 19.1 Å². The molecule has 0 aliphatic carbocycles. The summed E-state index contributed by atoms with van der Waals surface area (Å²) in [5.41, 5.74) is 1.15. The summed E-state index contributed by atoms with van der Waals surface area (Å²) in [7, 11) is 0. The molecule has 1 aromatic carbocycles. The number of aliphatic carboxylic acids is 1. The average Bonchev–Trinajstić information content (AvgIpc) is 2.41. The third kappa shape index (κ3) is 6.01. The number of carbonyl (C=O) groups is 2. The van der Waals surface area contributed by atoms with Gasteiger partial charge in [-0.3, -0.25) is 9.59 Å². The van der Waals surface area contributed by atoms with Gasteiger partial charge in [0.25, 0.3) is 0 Å². The molecule has 0 unspecified atom stereocenters. The van der Waals surface area contributed by atoms with Crippen LogP contribution >= 0.6 is 0 Å². The van der Waals surface area contributed by atoms with Crippen LogP contribution in [0.5, 0.6) is 0 Å². The normalized spacial score (nSPS) is 10.2. The molecule has 0 saturated heterocycles. The fourth-order valence-electron chi connectivity index (χ4n) is 1.63. The highest BCUT2D eigenvalue weighted by Gasteiger charge is 2.14. The average molecular weight is 265 g/mol. The van der Waals surface area contributed by atoms with Gasteiger partial charge >= 0.3 is 5.97 Å². The van der Waals surface area contributed by atoms with Gasteiger partial charge in [-0.2, -0.15) is 0 Å². The summed E-state index contributed by atoms with van der Waals surface area (Å²) in [4.78, 5) is 23.5. The first-order chi connectivity index (χ1) is 9.13. The maximum atomic E-state index is 11.7. The van der Waals surface area contributed by atoms with Crippen LogP contribution in [0.15, 0.2) is 30.3 Å². The van der Waals surface area contributed by atoms with E-state index in [9.17, 15) is 9.59 Å². The highest BCUT2D eigenvalue weighted by atomic mass is 16.5. The SMILES string of the molecule is CCN(CC(=O)O)C(=O)COCCc1ccccc1. The number of likely N-dealkylation sites (N-methyl/N-ethyl adjacent to an activating group) is 1. The monoisotopic (exact) mass is 265 g/mol. The van der Waals surface area contributed by atoms with Gasteiger partial charge in [0.05, 0.1) is 6.61 Å². The van der Waals surface area contributed by atoms with E-state index >= 15 is 0 Å². The van der Waals surface area contributed by atoms with E-state index in [1.807, 2.05) is 30.3 Å². The lowest BCUT2D eigenvalue weighted by Crippen LogP contribution is -2.37. The maximum absolute atomic E-state index is 11.7. The number of benzene rings is 1. The summed E-state index contributed by atoms with van der Waals surface area (Å²) in [5.74, 6) is -1.31. The molecule has 0 saturated carbocycles. The van der Waals surface area contributed by atoms with E-state index in [1.54, 1.807) is 6.92 Å². The van der Waals surface area contributed by atoms with Gasteiger partial charge in [-0.25, -0.2) is 0 Å². The molecule has 0 radical (unpaired) electrons. The largest absolute Gasteiger partial charge is 0.480 e. The van der Waals surface area contributed by atoms with Crippen LogP contribution in [0.3, 0.4) is 0 Å². The molecular weight excluding hydrogens is 246 g/mol. The molecule has 0 atom stereocenters. The zero-order valence-corrected chi connectivity index (χ0v) is 11.0. The lowest BCUT2D eigenvalue weighted by atomic mass is 10.2. The van der Waals surface area contributed by atoms with Gasteiger partial charge in [0.1, 0.15) is 13.2 Å². The Kier molecular flexibility index (Phi) is 6.60. The Balaban J connectivity index is 2.24. The smallest absolute Gasteiger partial charge is 0.323 e. The quantitative estimate of drug-likeness (QED) is 0.717. The first-order valence-electron chi connectivity index (χ1n) is 6.24. The first-order valence-corrected chi connectivity index (χ1v) is 6.24. The van der Waals surface area contributed by atoms with Crippen LogP contribution in [0.4, 0.5) is 0 Å². The van der Waals surface area contributed by atoms with Gasteiger partial charge in [0.2, 0.25) is 5.91 Å². The molecular formula is C14H19NO4. The summed E-state index contributed by atoms with van der Waals surface area (Å²) >= 11 is 0. The molecule has 5 nitrogen and oxygen atoms in total. The molecule has 104 valence electrons. The van der Waals surface area contributed by atoms with Crippen molar-refractivity contribution in [1.29, 1.82) is 0 Å². The second-order valence-corrected chi connectivity index (χ2v) is 4.09. The van der Waals surface area contributed by atoms with Crippen LogP contribution in [0.2, 0.25) is 0 Å². The lowest BCUT2D eigenvalue weighted by Gasteiger charge is -2.18. The number of hydrogen-bond donors (Lipinski definition) is 1. The topological polar surface area (TPSA) is 66.8 Å². The molecule has 1 rings (SSSR count). The lowest BCUT2D eigenvalue weighted by molar-refractivity contribution is -0.146. The fourth-order valence-corrected chi connectivity index (χ4v) is 1.63. The molecule has 0 aromatic heterocycles. The third-order valence-corrected chi connectivity index (χ3v) is 2.66. The molecule has 1 aromatic rings. The van der Waals surface area contributed by atoms with Crippen molar-refractivity contribution in [1.82, 2.24) is 4.90 Å². The third-order valence-electron chi connectivity index (χ3n) is 2.66. The first kappa shape index (κ1) is 15.2. The number of carboxylic acids is 1. The zero-order valence-electron chi connectivity index (χ0n) is 11.0. The predicted molar refractivity (Wildman–Crippen MR) is 70.9 cm³/mol. The van der Waals surface area contributed by atoms with E-state index in [2.05, 4.69) is 0 Å². The summed E-state index contributed by atoms with van der Waals surface area (Å²) in [6.07, 6.45) is 0.735. The van der Waals surface area contributed by atoms with Crippen molar-refractivity contribution in [3.63, 3.8) is 0 Å². The fraction of sp³-hybridized carbons (Fsp3) is 0.429. The summed E-state index contributed by atoms with van der Waals surface area (Å²) in [5, 5.41) is 8.65. The number of nitrogens with zero attached hydrogens (tertiary/aromatic N) is 1. The maximum Gasteiger partial charge on any atom is 0.323 e. The molecule has 0 aliphatic rings. The Morgan fingerprint density at radius 2 is 1.95 bits per heavy atom. The number of hydrogen-bond acceptors (Lipinski definition) is 3. The number of rotatable bonds is 8. The van der Waals surface area contributed by atoms with Crippen LogP contribution in [0.1, 0.15) is 12.5 Å². The molecule has 0 spiro atoms. The highest BCUT2D eigenvalue weighted by molar-refractivity contribution is 5.82. The standard InChI is InChI=1S/C14H19NO4/c1-2-15(10-14(17)18)13(16)11-19-9-8-12-6-4-3-5-7-12/h3-7H,2,8-11H2,1H3,(H,17,18). The predicted octanol–water partition coefficient (Wildman–Crippen LogP) is 1.18. The minimum atomic E-state index is -1.01. The van der Waals surface area contributed by atoms with Crippen molar-refractivity contribution in [2.75, 3.05) is 26.3 Å². The number of ether oxygens (including phenoxy) is 1. The van der Waals surface area contributed by atoms with Crippen LogP contribution in [0.25, 0.3) is 0 Å². The van der Waals surface area contributed by atoms with Crippen LogP contribution in [-0.4, -0.2) is 48.2 Å². The Hall–Kier alpha value is -1.88. The number of amides is 1. The Bertz CT molecular complexity index is 405. The molecule has 1 N–H and O–H groups in total. The van der Waals surface area contributed by atoms with Gasteiger partial charge < -0.3 is 14.7 Å². The van der Waals surface area contributed by atoms with Crippen LogP contribution < -0.4 is 0 Å². The second-order valence-electron chi connectivity index (χ2n) is 4.09. The van der Waals surface area contributed by atoms with Crippen LogP contribution in [0, 0.1) is 0 Å². The van der Waals surface area contributed by atoms with E-state index in [0.29, 0.717) is 13.2 Å². The molecule has 0 fully saturated rings. The molecule has 0 heterocycles. The Labute approximate surface area is 112 Å². The van der Waals surface area contributed by atoms with Gasteiger partial charge in [-0.1, -0.05) is 30.3 Å². The van der Waals surface area contributed by atoms with E-state index in [0.717, 1.165) is 12.0 Å². The Morgan fingerprint density at radius 3 is 2.53 bits per heavy atom. The molecule has 19 heavy (non-hydrogen) atoms. The number of carbonyl (C=O) groups excluding carboxylic acids is 1. The van der Waals surface area contributed by atoms with Crippen molar-refractivity contribution in [3.8, 4) is 0 Å². The molecule has 0 bridgehead atoms. The van der Waals surface area contributed by atoms with Gasteiger partial charge in [-0.15, -0.1) is 0 Å². The highest BCUT2D eigenvalue weighted by Crippen LogP contribution is 2.00. The molecule has 0 aliphatic heterocycles. The molecule has 1 amide bonds. The van der Waals surface area contributed by atoms with E-state index in [1.165, 1.54) is 4.90 Å². The van der Waals surface area contributed by atoms with E-state index < -0.39 is 5.97 Å². The summed E-state index contributed by atoms with van der Waals surface area (Å²) in [6, 6.07) is 9.83. The van der Waals surface area contributed by atoms with Crippen molar-refractivity contribution >= 4 is 11.9 Å². The van der Waals surface area contributed by atoms with Gasteiger partial charge in [0, 0.05) is 6.54 Å². The van der Waals surface area contributed by atoms with Crippen molar-refractivity contribution in [3.05, 3.63) is 35.9 Å². The summed E-state index contributed by atoms with van der Waals surface area (Å²) in [6.45, 7) is 2.20. The summed E-state index contributed by atoms with van der Waals surface area (Å²) < 4.78 is 5.28. The zero-order chi connectivity index (χ0) is 14.1.